The zero-order chi connectivity index (χ0) is 59.7. The Hall–Kier alpha value is -12.1. The molecule has 0 saturated heterocycles. The van der Waals surface area contributed by atoms with Gasteiger partial charge in [-0.25, -0.2) is 47.5 Å². The highest BCUT2D eigenvalue weighted by atomic mass is 16.5. The van der Waals surface area contributed by atoms with Gasteiger partial charge in [-0.2, -0.15) is 0 Å². The third kappa shape index (κ3) is 9.81. The first kappa shape index (κ1) is 53.2. The van der Waals surface area contributed by atoms with Crippen molar-refractivity contribution in [3.8, 4) is 22.8 Å². The molecule has 6 N–H and O–H groups in total. The molecule has 432 valence electrons. The molecule has 32 heteroatoms. The zero-order valence-electron chi connectivity index (χ0n) is 44.5. The molecule has 0 unspecified atom stereocenters. The summed E-state index contributed by atoms with van der Waals surface area (Å²) in [7, 11) is 3.14. The number of aryl methyl sites for hydroxylation is 4. The van der Waals surface area contributed by atoms with E-state index in [1.54, 1.807) is 62.6 Å². The standard InChI is InChI=1S/2C27H20N8O8/c1-34-18-8-12(2-7-20(18)41-26(34)39)11-28-23(37)19-10-17(30-24-33-43-27(40)35(19)24)22(36)29-16-6-4-13-9-14(3-5-15(13)16)21-31-25(38)42-32-21;1-34-18-8-12(2-7-20(18)41-26(34)39)11-28-22(36)17-10-19(35-24(30-17)33-43-27(35)40)23(37)29-16-6-4-13-9-14(3-5-15(13)16)21-31-25(38)42-32-21/h2-3,5,7-10,16H,4,6,11H2,1H3,(H,28,37)(H,29,36)(H,31,32,38);2-3,5,7-10,16H,4,6,11H2,1H3,(H,28,36)(H,29,37)(H,31,32,38)/t2*16-/m00/s1. The predicted octanol–water partition coefficient (Wildman–Crippen LogP) is 1.64. The molecule has 8 aromatic heterocycles. The number of hydrogen-bond donors (Lipinski definition) is 6. The van der Waals surface area contributed by atoms with Crippen LogP contribution in [0.2, 0.25) is 0 Å². The Morgan fingerprint density at radius 1 is 0.512 bits per heavy atom. The van der Waals surface area contributed by atoms with Crippen molar-refractivity contribution in [1.29, 1.82) is 0 Å². The van der Waals surface area contributed by atoms with Crippen LogP contribution >= 0.6 is 0 Å². The van der Waals surface area contributed by atoms with Crippen LogP contribution in [-0.4, -0.2) is 82.1 Å². The second-order valence-electron chi connectivity index (χ2n) is 19.9. The molecule has 12 aromatic rings. The molecule has 0 saturated carbocycles. The molecule has 0 aliphatic heterocycles. The van der Waals surface area contributed by atoms with Gasteiger partial charge in [0.2, 0.25) is 0 Å². The number of nitrogens with one attached hydrogen (secondary N) is 6. The highest BCUT2D eigenvalue weighted by molar-refractivity contribution is 5.99. The molecule has 32 nitrogen and oxygen atoms in total. The van der Waals surface area contributed by atoms with Gasteiger partial charge in [0.1, 0.15) is 22.8 Å². The zero-order valence-corrected chi connectivity index (χ0v) is 44.5. The number of aromatic nitrogens is 12. The first-order valence-corrected chi connectivity index (χ1v) is 26.0. The van der Waals surface area contributed by atoms with Gasteiger partial charge >= 0.3 is 34.5 Å². The molecule has 0 bridgehead atoms. The van der Waals surface area contributed by atoms with Crippen molar-refractivity contribution in [2.24, 2.45) is 14.1 Å². The van der Waals surface area contributed by atoms with Crippen LogP contribution in [0.4, 0.5) is 0 Å². The van der Waals surface area contributed by atoms with E-state index in [2.05, 4.69) is 70.9 Å². The smallest absolute Gasteiger partial charge is 0.408 e. The molecule has 2 atom stereocenters. The van der Waals surface area contributed by atoms with E-state index in [0.29, 0.717) is 81.8 Å². The Morgan fingerprint density at radius 2 is 0.965 bits per heavy atom. The lowest BCUT2D eigenvalue weighted by Crippen LogP contribution is -2.32. The maximum Gasteiger partial charge on any atom is 0.448 e. The first-order valence-electron chi connectivity index (χ1n) is 26.0. The first-order chi connectivity index (χ1) is 41.5. The molecule has 8 heterocycles. The van der Waals surface area contributed by atoms with Crippen molar-refractivity contribution >= 4 is 57.4 Å². The molecule has 0 spiro atoms. The van der Waals surface area contributed by atoms with Gasteiger partial charge < -0.3 is 30.1 Å². The minimum Gasteiger partial charge on any atom is -0.408 e. The maximum absolute atomic E-state index is 13.5. The topological polar surface area (TPSA) is 425 Å². The van der Waals surface area contributed by atoms with E-state index in [-0.39, 0.29) is 53.5 Å². The average Bonchev–Trinajstić information content (AvgIpc) is 3.01. The molecule has 86 heavy (non-hydrogen) atoms. The van der Waals surface area contributed by atoms with Crippen LogP contribution in [0.1, 0.15) is 100 Å². The summed E-state index contributed by atoms with van der Waals surface area (Å²) in [5, 5.41) is 25.9. The molecule has 14 rings (SSSR count). The molecular formula is C54H40N16O16. The summed E-state index contributed by atoms with van der Waals surface area (Å²) < 4.78 is 33.3. The Kier molecular flexibility index (Phi) is 13.0. The lowest BCUT2D eigenvalue weighted by Gasteiger charge is -2.15. The number of aromatic amines is 2. The number of H-pyrrole nitrogens is 2. The Balaban J connectivity index is 0.000000160. The summed E-state index contributed by atoms with van der Waals surface area (Å²) >= 11 is 0. The molecular weight excluding hydrogens is 1130 g/mol. The summed E-state index contributed by atoms with van der Waals surface area (Å²) in [6, 6.07) is 22.6. The van der Waals surface area contributed by atoms with Crippen molar-refractivity contribution in [1.82, 2.24) is 79.8 Å². The number of benzene rings is 4. The van der Waals surface area contributed by atoms with Crippen molar-refractivity contribution in [3.63, 3.8) is 0 Å². The second kappa shape index (κ2) is 21.0. The highest BCUT2D eigenvalue weighted by Crippen LogP contribution is 2.35. The summed E-state index contributed by atoms with van der Waals surface area (Å²) in [6.45, 7) is 0.125. The number of nitrogens with zero attached hydrogens (tertiary/aromatic N) is 10. The summed E-state index contributed by atoms with van der Waals surface area (Å²) in [5.41, 5.74) is 7.59. The number of hydrogen-bond acceptors (Lipinski definition) is 22. The number of amides is 4. The number of carbonyl (C=O) groups is 4. The lowest BCUT2D eigenvalue weighted by molar-refractivity contribution is 0.0918. The van der Waals surface area contributed by atoms with Crippen LogP contribution in [0.5, 0.6) is 0 Å². The van der Waals surface area contributed by atoms with Gasteiger partial charge in [0, 0.05) is 38.3 Å². The minimum absolute atomic E-state index is 0.0442. The number of oxazole rings is 2. The third-order valence-electron chi connectivity index (χ3n) is 14.7. The van der Waals surface area contributed by atoms with Crippen molar-refractivity contribution in [3.05, 3.63) is 204 Å². The van der Waals surface area contributed by atoms with E-state index in [1.165, 1.54) is 21.3 Å². The molecule has 4 amide bonds. The molecule has 0 fully saturated rings. The normalized spacial score (nSPS) is 14.3. The van der Waals surface area contributed by atoms with E-state index in [9.17, 15) is 47.9 Å². The predicted molar refractivity (Wildman–Crippen MR) is 290 cm³/mol. The number of fused-ring (bicyclic) bond motifs is 6. The quantitative estimate of drug-likeness (QED) is 0.101. The van der Waals surface area contributed by atoms with Crippen LogP contribution < -0.4 is 55.8 Å². The van der Waals surface area contributed by atoms with Gasteiger partial charge in [-0.3, -0.25) is 56.4 Å². The van der Waals surface area contributed by atoms with E-state index < -0.39 is 64.2 Å². The van der Waals surface area contributed by atoms with Gasteiger partial charge in [-0.1, -0.05) is 46.7 Å². The number of carbonyl (C=O) groups excluding carboxylic acids is 4. The summed E-state index contributed by atoms with van der Waals surface area (Å²) in [5.74, 6) is -6.64. The molecule has 4 aromatic carbocycles. The van der Waals surface area contributed by atoms with Crippen LogP contribution in [0.25, 0.3) is 56.5 Å². The second-order valence-corrected chi connectivity index (χ2v) is 19.9. The van der Waals surface area contributed by atoms with E-state index >= 15 is 0 Å². The highest BCUT2D eigenvalue weighted by Gasteiger charge is 2.30. The van der Waals surface area contributed by atoms with Crippen LogP contribution in [0, 0.1) is 0 Å². The fourth-order valence-corrected chi connectivity index (χ4v) is 10.4. The largest absolute Gasteiger partial charge is 0.448 e. The molecule has 0 radical (unpaired) electrons. The minimum atomic E-state index is -0.941. The fourth-order valence-electron chi connectivity index (χ4n) is 10.4. The van der Waals surface area contributed by atoms with Crippen molar-refractivity contribution in [2.45, 2.75) is 50.9 Å². The summed E-state index contributed by atoms with van der Waals surface area (Å²) in [4.78, 5) is 137. The van der Waals surface area contributed by atoms with Crippen molar-refractivity contribution < 1.29 is 46.1 Å². The van der Waals surface area contributed by atoms with E-state index in [1.807, 2.05) is 24.3 Å². The maximum atomic E-state index is 13.5. The van der Waals surface area contributed by atoms with Gasteiger partial charge in [0.25, 0.3) is 35.2 Å². The number of rotatable bonds is 12. The van der Waals surface area contributed by atoms with Gasteiger partial charge in [0.05, 0.1) is 23.1 Å². The SMILES string of the molecule is Cn1c(=O)oc2ccc(CNC(=O)c3cc(C(=O)N[C@H]4CCc5cc(-c6noc(=O)[nH]6)ccc54)n4c(=O)onc4n3)cc21.Cn1c(=O)oc2ccc(CNC(=O)c3cc(C(=O)N[C@H]4CCc5cc(-c6noc(=O)[nH]6)ccc54)nc4noc(=O)n34)cc21. The Morgan fingerprint density at radius 3 is 1.44 bits per heavy atom. The summed E-state index contributed by atoms with van der Waals surface area (Å²) in [6.07, 6.45) is 2.48. The average molecular weight is 1170 g/mol. The van der Waals surface area contributed by atoms with Crippen LogP contribution in [-0.2, 0) is 40.0 Å². The third-order valence-corrected chi connectivity index (χ3v) is 14.7. The van der Waals surface area contributed by atoms with Gasteiger partial charge in [-0.15, -0.1) is 0 Å². The van der Waals surface area contributed by atoms with Crippen molar-refractivity contribution in [2.75, 3.05) is 0 Å². The lowest BCUT2D eigenvalue weighted by atomic mass is 10.0. The van der Waals surface area contributed by atoms with Crippen LogP contribution in [0.3, 0.4) is 0 Å². The molecule has 2 aliphatic carbocycles. The molecule has 2 aliphatic rings. The Bertz CT molecular complexity index is 5170. The van der Waals surface area contributed by atoms with Gasteiger partial charge in [-0.05, 0) is 118 Å². The van der Waals surface area contributed by atoms with E-state index in [4.69, 9.17) is 17.9 Å². The van der Waals surface area contributed by atoms with Crippen LogP contribution in [0.15, 0.2) is 141 Å². The fraction of sp³-hybridized carbons (Fsp3) is 0.185. The van der Waals surface area contributed by atoms with Gasteiger partial charge in [0.15, 0.2) is 22.8 Å². The Labute approximate surface area is 474 Å². The van der Waals surface area contributed by atoms with E-state index in [0.717, 1.165) is 31.1 Å². The monoisotopic (exact) mass is 1170 g/mol.